The van der Waals surface area contributed by atoms with Gasteiger partial charge in [0.05, 0.1) is 0 Å². The van der Waals surface area contributed by atoms with Gasteiger partial charge in [-0.25, -0.2) is 0 Å². The molecule has 0 saturated heterocycles. The number of rotatable bonds is 9. The number of hydrogen-bond donors (Lipinski definition) is 2. The van der Waals surface area contributed by atoms with Crippen LogP contribution < -0.4 is 11.1 Å². The van der Waals surface area contributed by atoms with Crippen molar-refractivity contribution in [1.29, 1.82) is 0 Å². The molecule has 92 valence electrons. The summed E-state index contributed by atoms with van der Waals surface area (Å²) in [5, 5.41) is 3.55. The third-order valence-corrected chi connectivity index (χ3v) is 3.31. The molecule has 3 heteroatoms. The second kappa shape index (κ2) is 9.13. The SMILES string of the molecule is CCC(C)C(CN)NCCN(CC)CC. The molecular weight excluding hydrogens is 186 g/mol. The lowest BCUT2D eigenvalue weighted by Crippen LogP contribution is -2.44. The van der Waals surface area contributed by atoms with Crippen LogP contribution in [0, 0.1) is 5.92 Å². The summed E-state index contributed by atoms with van der Waals surface area (Å²) in [4.78, 5) is 2.43. The molecule has 0 heterocycles. The monoisotopic (exact) mass is 215 g/mol. The molecular formula is C12H29N3. The summed E-state index contributed by atoms with van der Waals surface area (Å²) < 4.78 is 0. The zero-order valence-corrected chi connectivity index (χ0v) is 10.9. The summed E-state index contributed by atoms with van der Waals surface area (Å²) in [5.41, 5.74) is 5.76. The molecule has 0 radical (unpaired) electrons. The van der Waals surface area contributed by atoms with Gasteiger partial charge in [0.25, 0.3) is 0 Å². The third-order valence-electron chi connectivity index (χ3n) is 3.31. The second-order valence-corrected chi connectivity index (χ2v) is 4.21. The second-order valence-electron chi connectivity index (χ2n) is 4.21. The minimum atomic E-state index is 0.477. The minimum absolute atomic E-state index is 0.477. The van der Waals surface area contributed by atoms with E-state index in [0.717, 1.165) is 32.7 Å². The fraction of sp³-hybridized carbons (Fsp3) is 1.00. The molecule has 2 unspecified atom stereocenters. The van der Waals surface area contributed by atoms with Gasteiger partial charge in [0.2, 0.25) is 0 Å². The average molecular weight is 215 g/mol. The van der Waals surface area contributed by atoms with Crippen molar-refractivity contribution in [1.82, 2.24) is 10.2 Å². The predicted octanol–water partition coefficient (Wildman–Crippen LogP) is 1.29. The Kier molecular flexibility index (Phi) is 9.06. The average Bonchev–Trinajstić information content (AvgIpc) is 2.28. The van der Waals surface area contributed by atoms with E-state index in [1.54, 1.807) is 0 Å². The van der Waals surface area contributed by atoms with Gasteiger partial charge in [-0.3, -0.25) is 0 Å². The Bertz CT molecular complexity index is 135. The van der Waals surface area contributed by atoms with E-state index in [1.807, 2.05) is 0 Å². The molecule has 0 amide bonds. The standard InChI is InChI=1S/C12H29N3/c1-5-11(4)12(10-13)14-8-9-15(6-2)7-3/h11-12,14H,5-10,13H2,1-4H3. The highest BCUT2D eigenvalue weighted by atomic mass is 15.1. The van der Waals surface area contributed by atoms with E-state index < -0.39 is 0 Å². The Morgan fingerprint density at radius 2 is 1.80 bits per heavy atom. The van der Waals surface area contributed by atoms with Gasteiger partial charge in [-0.05, 0) is 19.0 Å². The number of nitrogens with two attached hydrogens (primary N) is 1. The number of nitrogens with zero attached hydrogens (tertiary/aromatic N) is 1. The van der Waals surface area contributed by atoms with Crippen molar-refractivity contribution in [3.63, 3.8) is 0 Å². The van der Waals surface area contributed by atoms with Gasteiger partial charge in [0, 0.05) is 25.7 Å². The molecule has 0 saturated carbocycles. The Labute approximate surface area is 95.4 Å². The zero-order valence-electron chi connectivity index (χ0n) is 10.9. The molecule has 0 aromatic heterocycles. The highest BCUT2D eigenvalue weighted by molar-refractivity contribution is 4.73. The fourth-order valence-corrected chi connectivity index (χ4v) is 1.75. The molecule has 0 aromatic rings. The van der Waals surface area contributed by atoms with Crippen molar-refractivity contribution in [2.45, 2.75) is 40.2 Å². The van der Waals surface area contributed by atoms with Crippen LogP contribution in [0.5, 0.6) is 0 Å². The van der Waals surface area contributed by atoms with Crippen molar-refractivity contribution in [3.05, 3.63) is 0 Å². The van der Waals surface area contributed by atoms with Crippen molar-refractivity contribution >= 4 is 0 Å². The van der Waals surface area contributed by atoms with E-state index in [9.17, 15) is 0 Å². The van der Waals surface area contributed by atoms with Crippen LogP contribution >= 0.6 is 0 Å². The highest BCUT2D eigenvalue weighted by Crippen LogP contribution is 2.05. The maximum absolute atomic E-state index is 5.76. The van der Waals surface area contributed by atoms with Crippen molar-refractivity contribution in [3.8, 4) is 0 Å². The summed E-state index contributed by atoms with van der Waals surface area (Å²) in [7, 11) is 0. The highest BCUT2D eigenvalue weighted by Gasteiger charge is 2.12. The molecule has 3 nitrogen and oxygen atoms in total. The van der Waals surface area contributed by atoms with Crippen LogP contribution in [0.1, 0.15) is 34.1 Å². The fourth-order valence-electron chi connectivity index (χ4n) is 1.75. The maximum atomic E-state index is 5.76. The number of nitrogens with one attached hydrogen (secondary N) is 1. The third kappa shape index (κ3) is 6.13. The molecule has 2 atom stereocenters. The molecule has 15 heavy (non-hydrogen) atoms. The van der Waals surface area contributed by atoms with Crippen LogP contribution in [0.3, 0.4) is 0 Å². The molecule has 0 bridgehead atoms. The minimum Gasteiger partial charge on any atom is -0.329 e. The largest absolute Gasteiger partial charge is 0.329 e. The van der Waals surface area contributed by atoms with E-state index in [2.05, 4.69) is 37.9 Å². The molecule has 0 aliphatic heterocycles. The smallest absolute Gasteiger partial charge is 0.0216 e. The van der Waals surface area contributed by atoms with Crippen LogP contribution in [0.15, 0.2) is 0 Å². The van der Waals surface area contributed by atoms with Crippen LogP contribution in [0.2, 0.25) is 0 Å². The van der Waals surface area contributed by atoms with Crippen molar-refractivity contribution < 1.29 is 0 Å². The van der Waals surface area contributed by atoms with Crippen LogP contribution in [-0.2, 0) is 0 Å². The first-order valence-corrected chi connectivity index (χ1v) is 6.35. The Balaban J connectivity index is 3.71. The van der Waals surface area contributed by atoms with E-state index in [0.29, 0.717) is 12.0 Å². The van der Waals surface area contributed by atoms with Gasteiger partial charge in [0.15, 0.2) is 0 Å². The summed E-state index contributed by atoms with van der Waals surface area (Å²) in [5.74, 6) is 0.673. The molecule has 0 fully saturated rings. The molecule has 3 N–H and O–H groups in total. The summed E-state index contributed by atoms with van der Waals surface area (Å²) in [6, 6.07) is 0.477. The van der Waals surface area contributed by atoms with E-state index in [4.69, 9.17) is 5.73 Å². The first-order chi connectivity index (χ1) is 7.19. The van der Waals surface area contributed by atoms with E-state index >= 15 is 0 Å². The molecule has 0 aromatic carbocycles. The zero-order chi connectivity index (χ0) is 11.7. The quantitative estimate of drug-likeness (QED) is 0.609. The van der Waals surface area contributed by atoms with Gasteiger partial charge in [0.1, 0.15) is 0 Å². The first-order valence-electron chi connectivity index (χ1n) is 6.35. The van der Waals surface area contributed by atoms with E-state index in [1.165, 1.54) is 6.42 Å². The lowest BCUT2D eigenvalue weighted by atomic mass is 9.99. The van der Waals surface area contributed by atoms with Gasteiger partial charge >= 0.3 is 0 Å². The Morgan fingerprint density at radius 1 is 1.20 bits per heavy atom. The topological polar surface area (TPSA) is 41.3 Å². The number of likely N-dealkylation sites (N-methyl/N-ethyl adjacent to an activating group) is 1. The molecule has 0 rings (SSSR count). The van der Waals surface area contributed by atoms with Gasteiger partial charge < -0.3 is 16.0 Å². The lowest BCUT2D eigenvalue weighted by molar-refractivity contribution is 0.283. The first kappa shape index (κ1) is 14.9. The van der Waals surface area contributed by atoms with Gasteiger partial charge in [-0.1, -0.05) is 34.1 Å². The molecule has 0 aliphatic carbocycles. The maximum Gasteiger partial charge on any atom is 0.0216 e. The predicted molar refractivity (Wildman–Crippen MR) is 68.1 cm³/mol. The Morgan fingerprint density at radius 3 is 2.20 bits per heavy atom. The normalized spacial score (nSPS) is 15.6. The molecule has 0 aliphatic rings. The summed E-state index contributed by atoms with van der Waals surface area (Å²) in [6.45, 7) is 14.1. The summed E-state index contributed by atoms with van der Waals surface area (Å²) >= 11 is 0. The van der Waals surface area contributed by atoms with Crippen molar-refractivity contribution in [2.24, 2.45) is 11.7 Å². The van der Waals surface area contributed by atoms with Gasteiger partial charge in [-0.2, -0.15) is 0 Å². The van der Waals surface area contributed by atoms with E-state index in [-0.39, 0.29) is 0 Å². The molecule has 0 spiro atoms. The number of hydrogen-bond acceptors (Lipinski definition) is 3. The van der Waals surface area contributed by atoms with Gasteiger partial charge in [-0.15, -0.1) is 0 Å². The summed E-state index contributed by atoms with van der Waals surface area (Å²) in [6.07, 6.45) is 1.19. The van der Waals surface area contributed by atoms with Crippen LogP contribution in [0.25, 0.3) is 0 Å². The van der Waals surface area contributed by atoms with Crippen LogP contribution in [0.4, 0.5) is 0 Å². The lowest BCUT2D eigenvalue weighted by Gasteiger charge is -2.25. The Hall–Kier alpha value is -0.120. The van der Waals surface area contributed by atoms with Crippen molar-refractivity contribution in [2.75, 3.05) is 32.7 Å². The van der Waals surface area contributed by atoms with Crippen LogP contribution in [-0.4, -0.2) is 43.7 Å².